The van der Waals surface area contributed by atoms with E-state index in [0.29, 0.717) is 31.0 Å². The van der Waals surface area contributed by atoms with Gasteiger partial charge in [0.15, 0.2) is 5.78 Å². The lowest BCUT2D eigenvalue weighted by Gasteiger charge is -2.37. The van der Waals surface area contributed by atoms with Crippen LogP contribution >= 0.6 is 0 Å². The third-order valence-corrected chi connectivity index (χ3v) is 7.75. The molecule has 3 aromatic rings. The maximum atomic E-state index is 13.2. The van der Waals surface area contributed by atoms with Crippen molar-refractivity contribution in [3.05, 3.63) is 77.5 Å². The highest BCUT2D eigenvalue weighted by atomic mass is 16.6. The highest BCUT2D eigenvalue weighted by Gasteiger charge is 2.46. The lowest BCUT2D eigenvalue weighted by atomic mass is 9.86. The molecule has 6 rings (SSSR count). The van der Waals surface area contributed by atoms with Gasteiger partial charge in [-0.05, 0) is 54.0 Å². The van der Waals surface area contributed by atoms with Gasteiger partial charge < -0.3 is 14.4 Å². The molecule has 3 heterocycles. The van der Waals surface area contributed by atoms with Crippen LogP contribution in [0.4, 0.5) is 4.79 Å². The quantitative estimate of drug-likeness (QED) is 0.497. The standard InChI is InChI=1S/C28H27N3O4/c1-34-26-13-12-25(29-30-26)27(32)17-14-18-10-11-19(15-17)31(18)28(33)35-16-24-22-8-4-2-6-20(22)21-7-3-5-9-23(21)24/h2-9,12-13,17-19,24H,10-11,14-16H2,1H3. The van der Waals surface area contributed by atoms with E-state index in [2.05, 4.69) is 34.5 Å². The normalized spacial score (nSPS) is 22.4. The number of ether oxygens (including phenoxy) is 2. The molecule has 1 amide bonds. The summed E-state index contributed by atoms with van der Waals surface area (Å²) < 4.78 is 11.0. The molecule has 2 fully saturated rings. The maximum Gasteiger partial charge on any atom is 0.410 e. The summed E-state index contributed by atoms with van der Waals surface area (Å²) >= 11 is 0. The van der Waals surface area contributed by atoms with E-state index in [1.54, 1.807) is 12.1 Å². The third kappa shape index (κ3) is 3.75. The molecular formula is C28H27N3O4. The van der Waals surface area contributed by atoms with Crippen molar-refractivity contribution < 1.29 is 19.1 Å². The van der Waals surface area contributed by atoms with Crippen LogP contribution in [0, 0.1) is 5.92 Å². The van der Waals surface area contributed by atoms with E-state index in [4.69, 9.17) is 9.47 Å². The monoisotopic (exact) mass is 469 g/mol. The van der Waals surface area contributed by atoms with Crippen molar-refractivity contribution in [2.24, 2.45) is 5.92 Å². The van der Waals surface area contributed by atoms with Gasteiger partial charge in [-0.25, -0.2) is 4.79 Å². The number of rotatable bonds is 5. The third-order valence-electron chi connectivity index (χ3n) is 7.75. The number of nitrogens with zero attached hydrogens (tertiary/aromatic N) is 3. The largest absolute Gasteiger partial charge is 0.480 e. The number of Topliss-reactive ketones (excluding diaryl/α,β-unsaturated/α-hetero) is 1. The summed E-state index contributed by atoms with van der Waals surface area (Å²) in [5.74, 6) is 0.250. The minimum atomic E-state index is -0.269. The predicted molar refractivity (Wildman–Crippen MR) is 129 cm³/mol. The summed E-state index contributed by atoms with van der Waals surface area (Å²) in [7, 11) is 1.52. The Morgan fingerprint density at radius 2 is 1.51 bits per heavy atom. The molecule has 1 aromatic heterocycles. The second-order valence-electron chi connectivity index (χ2n) is 9.59. The molecule has 2 unspecified atom stereocenters. The van der Waals surface area contributed by atoms with Crippen molar-refractivity contribution >= 4 is 11.9 Å². The number of carbonyl (C=O) groups is 2. The van der Waals surface area contributed by atoms with Crippen molar-refractivity contribution in [1.29, 1.82) is 0 Å². The fraction of sp³-hybridized carbons (Fsp3) is 0.357. The number of hydrogen-bond donors (Lipinski definition) is 0. The fourth-order valence-corrected chi connectivity index (χ4v) is 6.13. The van der Waals surface area contributed by atoms with Gasteiger partial charge in [0.2, 0.25) is 5.88 Å². The first kappa shape index (κ1) is 21.8. The Hall–Kier alpha value is -3.74. The zero-order valence-corrected chi connectivity index (χ0v) is 19.6. The fourth-order valence-electron chi connectivity index (χ4n) is 6.13. The molecule has 2 atom stereocenters. The first-order chi connectivity index (χ1) is 17.1. The summed E-state index contributed by atoms with van der Waals surface area (Å²) in [6.07, 6.45) is 2.79. The molecule has 35 heavy (non-hydrogen) atoms. The van der Waals surface area contributed by atoms with Gasteiger partial charge >= 0.3 is 6.09 Å². The van der Waals surface area contributed by atoms with Crippen LogP contribution in [-0.2, 0) is 4.74 Å². The Balaban J connectivity index is 1.13. The number of amides is 1. The van der Waals surface area contributed by atoms with Gasteiger partial charge in [-0.2, -0.15) is 0 Å². The average Bonchev–Trinajstić information content (AvgIpc) is 3.37. The molecule has 3 aliphatic rings. The summed E-state index contributed by atoms with van der Waals surface area (Å²) in [4.78, 5) is 28.2. The Morgan fingerprint density at radius 3 is 2.09 bits per heavy atom. The zero-order chi connectivity index (χ0) is 23.9. The van der Waals surface area contributed by atoms with Crippen LogP contribution in [0.5, 0.6) is 5.88 Å². The van der Waals surface area contributed by atoms with E-state index >= 15 is 0 Å². The second-order valence-corrected chi connectivity index (χ2v) is 9.59. The van der Waals surface area contributed by atoms with Crippen LogP contribution in [0.15, 0.2) is 60.7 Å². The summed E-state index contributed by atoms with van der Waals surface area (Å²) in [6.45, 7) is 0.312. The van der Waals surface area contributed by atoms with Crippen molar-refractivity contribution in [2.45, 2.75) is 43.7 Å². The number of methoxy groups -OCH3 is 1. The van der Waals surface area contributed by atoms with E-state index in [1.165, 1.54) is 29.4 Å². The van der Waals surface area contributed by atoms with Crippen molar-refractivity contribution in [1.82, 2.24) is 15.1 Å². The molecule has 1 aliphatic carbocycles. The van der Waals surface area contributed by atoms with Crippen LogP contribution in [-0.4, -0.2) is 52.8 Å². The Labute approximate surface area is 204 Å². The highest BCUT2D eigenvalue weighted by molar-refractivity contribution is 5.96. The average molecular weight is 470 g/mol. The van der Waals surface area contributed by atoms with E-state index in [-0.39, 0.29) is 35.8 Å². The molecule has 2 aromatic carbocycles. The molecule has 0 spiro atoms. The number of benzene rings is 2. The minimum Gasteiger partial charge on any atom is -0.480 e. The smallest absolute Gasteiger partial charge is 0.410 e. The van der Waals surface area contributed by atoms with E-state index in [9.17, 15) is 9.59 Å². The second kappa shape index (κ2) is 8.80. The van der Waals surface area contributed by atoms with E-state index in [0.717, 1.165) is 12.8 Å². The van der Waals surface area contributed by atoms with Gasteiger partial charge in [0.05, 0.1) is 7.11 Å². The van der Waals surface area contributed by atoms with Crippen LogP contribution in [0.3, 0.4) is 0 Å². The Kier molecular flexibility index (Phi) is 5.47. The summed E-state index contributed by atoms with van der Waals surface area (Å²) in [5, 5.41) is 7.96. The van der Waals surface area contributed by atoms with Gasteiger partial charge in [0, 0.05) is 30.0 Å². The van der Waals surface area contributed by atoms with Gasteiger partial charge in [0.1, 0.15) is 12.3 Å². The van der Waals surface area contributed by atoms with Crippen LogP contribution < -0.4 is 4.74 Å². The highest BCUT2D eigenvalue weighted by Crippen LogP contribution is 2.45. The van der Waals surface area contributed by atoms with Gasteiger partial charge in [0.25, 0.3) is 0 Å². The van der Waals surface area contributed by atoms with Crippen molar-refractivity contribution in [3.8, 4) is 17.0 Å². The lowest BCUT2D eigenvalue weighted by Crippen LogP contribution is -2.48. The van der Waals surface area contributed by atoms with Crippen LogP contribution in [0.1, 0.15) is 53.2 Å². The van der Waals surface area contributed by atoms with E-state index < -0.39 is 0 Å². The van der Waals surface area contributed by atoms with Crippen molar-refractivity contribution in [2.75, 3.05) is 13.7 Å². The van der Waals surface area contributed by atoms with Gasteiger partial charge in [-0.3, -0.25) is 4.79 Å². The van der Waals surface area contributed by atoms with Crippen LogP contribution in [0.2, 0.25) is 0 Å². The zero-order valence-electron chi connectivity index (χ0n) is 19.6. The molecule has 178 valence electrons. The number of ketones is 1. The number of aromatic nitrogens is 2. The first-order valence-electron chi connectivity index (χ1n) is 12.2. The molecule has 0 N–H and O–H groups in total. The van der Waals surface area contributed by atoms with Crippen molar-refractivity contribution in [3.63, 3.8) is 0 Å². The summed E-state index contributed by atoms with van der Waals surface area (Å²) in [6, 6.07) is 20.0. The Bertz CT molecular complexity index is 1220. The molecular weight excluding hydrogens is 442 g/mol. The first-order valence-corrected chi connectivity index (χ1v) is 12.2. The van der Waals surface area contributed by atoms with Gasteiger partial charge in [-0.15, -0.1) is 10.2 Å². The molecule has 2 aliphatic heterocycles. The SMILES string of the molecule is COc1ccc(C(=O)C2CC3CCC(C2)N3C(=O)OCC2c3ccccc3-c3ccccc32)nn1. The predicted octanol–water partition coefficient (Wildman–Crippen LogP) is 4.86. The number of hydrogen-bond acceptors (Lipinski definition) is 6. The lowest BCUT2D eigenvalue weighted by molar-refractivity contribution is 0.0503. The minimum absolute atomic E-state index is 0.00996. The number of fused-ring (bicyclic) bond motifs is 5. The molecule has 7 nitrogen and oxygen atoms in total. The maximum absolute atomic E-state index is 13.2. The topological polar surface area (TPSA) is 81.6 Å². The Morgan fingerprint density at radius 1 is 0.886 bits per heavy atom. The number of piperidine rings is 1. The number of carbonyl (C=O) groups excluding carboxylic acids is 2. The van der Waals surface area contributed by atoms with Gasteiger partial charge in [-0.1, -0.05) is 48.5 Å². The molecule has 2 saturated heterocycles. The molecule has 2 bridgehead atoms. The summed E-state index contributed by atoms with van der Waals surface area (Å²) in [5.41, 5.74) is 5.18. The molecule has 7 heteroatoms. The molecule has 0 saturated carbocycles. The molecule has 0 radical (unpaired) electrons. The van der Waals surface area contributed by atoms with Crippen LogP contribution in [0.25, 0.3) is 11.1 Å². The van der Waals surface area contributed by atoms with E-state index in [1.807, 2.05) is 29.2 Å².